The molecule has 0 aromatic carbocycles. The second-order valence-electron chi connectivity index (χ2n) is 8.22. The lowest BCUT2D eigenvalue weighted by molar-refractivity contribution is -0.260. The molecule has 1 atom stereocenters. The van der Waals surface area contributed by atoms with E-state index in [2.05, 4.69) is 6.58 Å². The Kier molecular flexibility index (Phi) is 7.45. The fraction of sp³-hybridized carbons (Fsp3) is 0.800. The summed E-state index contributed by atoms with van der Waals surface area (Å²) in [5.41, 5.74) is -3.39. The third-order valence-electron chi connectivity index (χ3n) is 6.37. The highest BCUT2D eigenvalue weighted by atomic mass is 19.4. The quantitative estimate of drug-likeness (QED) is 0.374. The van der Waals surface area contributed by atoms with E-state index in [1.165, 1.54) is 32.1 Å². The Balaban J connectivity index is 1.96. The molecule has 0 aliphatic heterocycles. The molecule has 1 unspecified atom stereocenters. The van der Waals surface area contributed by atoms with Crippen LogP contribution in [-0.2, 0) is 0 Å². The van der Waals surface area contributed by atoms with Crippen molar-refractivity contribution >= 4 is 0 Å². The van der Waals surface area contributed by atoms with Crippen molar-refractivity contribution in [1.82, 2.24) is 0 Å². The summed E-state index contributed by atoms with van der Waals surface area (Å²) in [6.45, 7) is 3.68. The van der Waals surface area contributed by atoms with Crippen molar-refractivity contribution in [2.45, 2.75) is 82.4 Å². The van der Waals surface area contributed by atoms with E-state index in [1.54, 1.807) is 0 Å². The molecule has 2 rings (SSSR count). The van der Waals surface area contributed by atoms with Gasteiger partial charge in [-0.05, 0) is 43.4 Å². The summed E-state index contributed by atoms with van der Waals surface area (Å²) in [5, 5.41) is 9.93. The van der Waals surface area contributed by atoms with Crippen LogP contribution in [0.2, 0.25) is 0 Å². The van der Waals surface area contributed by atoms with Gasteiger partial charge in [0.05, 0.1) is 0 Å². The monoisotopic (exact) mass is 398 g/mol. The van der Waals surface area contributed by atoms with Crippen molar-refractivity contribution in [3.63, 3.8) is 0 Å². The van der Waals surface area contributed by atoms with E-state index < -0.39 is 36.5 Å². The maximum atomic E-state index is 13.2. The Labute approximate surface area is 156 Å². The molecule has 0 amide bonds. The smallest absolute Gasteiger partial charge is 0.380 e. The van der Waals surface area contributed by atoms with Gasteiger partial charge in [0.15, 0.2) is 11.4 Å². The van der Waals surface area contributed by atoms with Gasteiger partial charge in [-0.1, -0.05) is 44.3 Å². The molecule has 7 heteroatoms. The van der Waals surface area contributed by atoms with Gasteiger partial charge in [0.1, 0.15) is 0 Å². The highest BCUT2D eigenvalue weighted by Crippen LogP contribution is 2.46. The first-order valence-electron chi connectivity index (χ1n) is 9.70. The van der Waals surface area contributed by atoms with Gasteiger partial charge < -0.3 is 5.11 Å². The van der Waals surface area contributed by atoms with E-state index in [0.717, 1.165) is 12.8 Å². The number of alkyl halides is 3. The number of halogens is 6. The lowest BCUT2D eigenvalue weighted by Crippen LogP contribution is -2.46. The first-order valence-corrected chi connectivity index (χ1v) is 9.70. The van der Waals surface area contributed by atoms with Crippen LogP contribution < -0.4 is 0 Å². The number of aliphatic hydroxyl groups is 1. The van der Waals surface area contributed by atoms with Crippen LogP contribution in [0.5, 0.6) is 0 Å². The molecule has 0 aromatic rings. The lowest BCUT2D eigenvalue weighted by Gasteiger charge is -2.38. The van der Waals surface area contributed by atoms with E-state index >= 15 is 0 Å². The molecule has 1 N–H and O–H groups in total. The minimum atomic E-state index is -5.22. The molecule has 0 spiro atoms. The third-order valence-corrected chi connectivity index (χ3v) is 6.37. The first-order chi connectivity index (χ1) is 12.5. The Hall–Kier alpha value is -0.980. The van der Waals surface area contributed by atoms with Crippen molar-refractivity contribution in [2.75, 3.05) is 0 Å². The van der Waals surface area contributed by atoms with Gasteiger partial charge in [-0.25, -0.2) is 4.39 Å². The zero-order chi connectivity index (χ0) is 20.2. The van der Waals surface area contributed by atoms with Crippen molar-refractivity contribution < 1.29 is 31.4 Å². The van der Waals surface area contributed by atoms with Crippen LogP contribution in [0.15, 0.2) is 24.1 Å². The molecule has 2 aliphatic rings. The maximum absolute atomic E-state index is 13.2. The van der Waals surface area contributed by atoms with Gasteiger partial charge in [0.2, 0.25) is 0 Å². The summed E-state index contributed by atoms with van der Waals surface area (Å²) in [5.74, 6) is -1.16. The predicted octanol–water partition coefficient (Wildman–Crippen LogP) is 7.08. The van der Waals surface area contributed by atoms with Gasteiger partial charge in [-0.15, -0.1) is 0 Å². The van der Waals surface area contributed by atoms with Crippen LogP contribution in [-0.4, -0.2) is 16.9 Å². The predicted molar refractivity (Wildman–Crippen MR) is 91.8 cm³/mol. The van der Waals surface area contributed by atoms with Crippen LogP contribution in [0.1, 0.15) is 70.6 Å². The molecule has 0 heterocycles. The van der Waals surface area contributed by atoms with E-state index in [1.807, 2.05) is 0 Å². The second kappa shape index (κ2) is 9.01. The summed E-state index contributed by atoms with van der Waals surface area (Å²) in [4.78, 5) is 0. The average molecular weight is 398 g/mol. The van der Waals surface area contributed by atoms with Crippen molar-refractivity contribution in [1.29, 1.82) is 0 Å². The molecule has 2 aliphatic carbocycles. The minimum absolute atomic E-state index is 0.170. The van der Waals surface area contributed by atoms with Crippen LogP contribution in [0.4, 0.5) is 26.3 Å². The van der Waals surface area contributed by atoms with Crippen LogP contribution in [0.3, 0.4) is 0 Å². The minimum Gasteiger partial charge on any atom is -0.380 e. The Morgan fingerprint density at radius 1 is 0.815 bits per heavy atom. The fourth-order valence-electron chi connectivity index (χ4n) is 4.71. The van der Waals surface area contributed by atoms with Gasteiger partial charge >= 0.3 is 12.3 Å². The zero-order valence-electron chi connectivity index (χ0n) is 15.4. The van der Waals surface area contributed by atoms with Gasteiger partial charge in [0.25, 0.3) is 0 Å². The second-order valence-corrected chi connectivity index (χ2v) is 8.22. The third kappa shape index (κ3) is 5.75. The first kappa shape index (κ1) is 22.3. The lowest BCUT2D eigenvalue weighted by atomic mass is 9.69. The summed E-state index contributed by atoms with van der Waals surface area (Å²) in [7, 11) is 0. The highest BCUT2D eigenvalue weighted by Gasteiger charge is 2.55. The van der Waals surface area contributed by atoms with Crippen molar-refractivity contribution in [2.24, 2.45) is 17.8 Å². The number of hydrogen-bond acceptors (Lipinski definition) is 1. The Morgan fingerprint density at radius 3 is 1.81 bits per heavy atom. The normalized spacial score (nSPS) is 27.1. The van der Waals surface area contributed by atoms with E-state index in [4.69, 9.17) is 0 Å². The van der Waals surface area contributed by atoms with Gasteiger partial charge in [-0.3, -0.25) is 0 Å². The molecule has 2 fully saturated rings. The SMILES string of the molecule is C=C(CC(O)(CC(F)=C(F)F)C(F)(F)F)C1CCC(C2CCCCC2)CC1. The van der Waals surface area contributed by atoms with E-state index in [0.29, 0.717) is 24.7 Å². The fourth-order valence-corrected chi connectivity index (χ4v) is 4.71. The number of hydrogen-bond donors (Lipinski definition) is 1. The molecular weight excluding hydrogens is 370 g/mol. The standard InChI is InChI=1S/C20H28F6O/c1-13(11-19(27,20(24,25)26)12-17(21)18(22)23)14-7-9-16(10-8-14)15-5-3-2-4-6-15/h14-16,27H,1-12H2. The zero-order valence-corrected chi connectivity index (χ0v) is 15.4. The van der Waals surface area contributed by atoms with Crippen molar-refractivity contribution in [3.05, 3.63) is 24.1 Å². The van der Waals surface area contributed by atoms with E-state index in [-0.39, 0.29) is 11.5 Å². The van der Waals surface area contributed by atoms with Gasteiger partial charge in [0, 0.05) is 12.8 Å². The molecule has 156 valence electrons. The molecule has 0 aromatic heterocycles. The molecule has 0 saturated heterocycles. The average Bonchev–Trinajstić information content (AvgIpc) is 2.61. The van der Waals surface area contributed by atoms with E-state index in [9.17, 15) is 31.4 Å². The van der Waals surface area contributed by atoms with Gasteiger partial charge in [-0.2, -0.15) is 22.0 Å². The molecule has 2 saturated carbocycles. The maximum Gasteiger partial charge on any atom is 0.417 e. The molecule has 1 nitrogen and oxygen atoms in total. The topological polar surface area (TPSA) is 20.2 Å². The summed E-state index contributed by atoms with van der Waals surface area (Å²) in [6.07, 6.45) is -1.44. The van der Waals surface area contributed by atoms with Crippen molar-refractivity contribution in [3.8, 4) is 0 Å². The largest absolute Gasteiger partial charge is 0.417 e. The molecule has 0 bridgehead atoms. The summed E-state index contributed by atoms with van der Waals surface area (Å²) >= 11 is 0. The number of rotatable bonds is 6. The summed E-state index contributed by atoms with van der Waals surface area (Å²) in [6, 6.07) is 0. The molecule has 0 radical (unpaired) electrons. The van der Waals surface area contributed by atoms with Crippen LogP contribution in [0, 0.1) is 17.8 Å². The summed E-state index contributed by atoms with van der Waals surface area (Å²) < 4.78 is 77.4. The molecule has 27 heavy (non-hydrogen) atoms. The highest BCUT2D eigenvalue weighted by molar-refractivity contribution is 5.12. The van der Waals surface area contributed by atoms with Crippen LogP contribution >= 0.6 is 0 Å². The Bertz CT molecular complexity index is 537. The Morgan fingerprint density at radius 2 is 1.33 bits per heavy atom. The van der Waals surface area contributed by atoms with Crippen LogP contribution in [0.25, 0.3) is 0 Å². The molecular formula is C20H28F6O.